The van der Waals surface area contributed by atoms with Crippen LogP contribution < -0.4 is 0 Å². The fourth-order valence-corrected chi connectivity index (χ4v) is 1.56. The highest BCUT2D eigenvalue weighted by Gasteiger charge is 2.37. The van der Waals surface area contributed by atoms with Crippen LogP contribution in [0, 0.1) is 6.92 Å². The Labute approximate surface area is 88.3 Å². The van der Waals surface area contributed by atoms with Crippen LogP contribution in [0.25, 0.3) is 0 Å². The maximum Gasteiger partial charge on any atom is 0.333 e. The molecule has 1 atom stereocenters. The first-order chi connectivity index (χ1) is 7.16. The quantitative estimate of drug-likeness (QED) is 0.690. The van der Waals surface area contributed by atoms with Gasteiger partial charge in [-0.25, -0.2) is 4.79 Å². The zero-order chi connectivity index (χ0) is 10.9. The molecule has 0 aromatic heterocycles. The van der Waals surface area contributed by atoms with Gasteiger partial charge >= 0.3 is 5.97 Å². The van der Waals surface area contributed by atoms with Crippen molar-refractivity contribution in [3.63, 3.8) is 0 Å². The van der Waals surface area contributed by atoms with Crippen LogP contribution >= 0.6 is 0 Å². The molecule has 1 aliphatic heterocycles. The Hall–Kier alpha value is -1.61. The molecule has 3 nitrogen and oxygen atoms in total. The number of carbonyl (C=O) groups is 1. The summed E-state index contributed by atoms with van der Waals surface area (Å²) >= 11 is 0. The number of hydrogen-bond acceptors (Lipinski definition) is 3. The van der Waals surface area contributed by atoms with E-state index in [4.69, 9.17) is 9.47 Å². The number of cyclic esters (lactones) is 1. The molecule has 78 valence electrons. The van der Waals surface area contributed by atoms with E-state index in [-0.39, 0.29) is 5.97 Å². The van der Waals surface area contributed by atoms with E-state index in [1.807, 2.05) is 31.2 Å². The van der Waals surface area contributed by atoms with Gasteiger partial charge in [0.25, 0.3) is 5.79 Å². The van der Waals surface area contributed by atoms with Crippen LogP contribution in [0.2, 0.25) is 0 Å². The lowest BCUT2D eigenvalue weighted by Crippen LogP contribution is -2.27. The number of rotatable bonds is 2. The monoisotopic (exact) mass is 204 g/mol. The first kappa shape index (κ1) is 9.93. The molecule has 2 rings (SSSR count). The highest BCUT2D eigenvalue weighted by molar-refractivity contribution is 5.85. The fourth-order valence-electron chi connectivity index (χ4n) is 1.56. The second kappa shape index (κ2) is 3.51. The topological polar surface area (TPSA) is 35.5 Å². The van der Waals surface area contributed by atoms with E-state index in [2.05, 4.69) is 0 Å². The van der Waals surface area contributed by atoms with Crippen molar-refractivity contribution in [2.75, 3.05) is 7.11 Å². The van der Waals surface area contributed by atoms with Gasteiger partial charge in [0.15, 0.2) is 0 Å². The van der Waals surface area contributed by atoms with E-state index >= 15 is 0 Å². The van der Waals surface area contributed by atoms with Gasteiger partial charge in [0.2, 0.25) is 0 Å². The molecule has 1 aromatic rings. The third-order valence-corrected chi connectivity index (χ3v) is 2.45. The minimum Gasteiger partial charge on any atom is -0.422 e. The summed E-state index contributed by atoms with van der Waals surface area (Å²) in [6.07, 6.45) is 3.00. The highest BCUT2D eigenvalue weighted by atomic mass is 16.7. The first-order valence-electron chi connectivity index (χ1n) is 4.71. The molecule has 1 heterocycles. The summed E-state index contributed by atoms with van der Waals surface area (Å²) in [6.45, 7) is 2.00. The van der Waals surface area contributed by atoms with Crippen LogP contribution in [0.1, 0.15) is 11.1 Å². The van der Waals surface area contributed by atoms with Crippen molar-refractivity contribution in [1.82, 2.24) is 0 Å². The van der Waals surface area contributed by atoms with Crippen LogP contribution in [-0.2, 0) is 20.1 Å². The van der Waals surface area contributed by atoms with E-state index < -0.39 is 5.79 Å². The molecule has 0 saturated heterocycles. The molecule has 1 aliphatic rings. The van der Waals surface area contributed by atoms with Crippen molar-refractivity contribution in [3.8, 4) is 0 Å². The third-order valence-electron chi connectivity index (χ3n) is 2.45. The molecule has 0 spiro atoms. The number of hydrogen-bond donors (Lipinski definition) is 0. The zero-order valence-corrected chi connectivity index (χ0v) is 8.69. The van der Waals surface area contributed by atoms with Crippen LogP contribution in [0.15, 0.2) is 36.4 Å². The summed E-state index contributed by atoms with van der Waals surface area (Å²) < 4.78 is 10.4. The summed E-state index contributed by atoms with van der Waals surface area (Å²) in [5, 5.41) is 0. The number of aryl methyl sites for hydroxylation is 1. The molecule has 0 N–H and O–H groups in total. The zero-order valence-electron chi connectivity index (χ0n) is 8.69. The number of ether oxygens (including phenoxy) is 2. The molecular formula is C12H12O3. The Morgan fingerprint density at radius 1 is 1.27 bits per heavy atom. The summed E-state index contributed by atoms with van der Waals surface area (Å²) in [4.78, 5) is 11.1. The summed E-state index contributed by atoms with van der Waals surface area (Å²) in [6, 6.07) is 7.69. The number of carbonyl (C=O) groups excluding carboxylic acids is 1. The molecule has 0 amide bonds. The Morgan fingerprint density at radius 2 is 1.93 bits per heavy atom. The van der Waals surface area contributed by atoms with Crippen molar-refractivity contribution in [1.29, 1.82) is 0 Å². The van der Waals surface area contributed by atoms with Gasteiger partial charge in [0.05, 0.1) is 0 Å². The SMILES string of the molecule is COC1(c2ccc(C)cc2)C=CC(=O)O1. The van der Waals surface area contributed by atoms with Gasteiger partial charge < -0.3 is 9.47 Å². The maximum absolute atomic E-state index is 11.1. The van der Waals surface area contributed by atoms with E-state index in [0.29, 0.717) is 0 Å². The van der Waals surface area contributed by atoms with Crippen molar-refractivity contribution < 1.29 is 14.3 Å². The minimum atomic E-state index is -1.04. The van der Waals surface area contributed by atoms with Gasteiger partial charge in [-0.1, -0.05) is 29.8 Å². The average Bonchev–Trinajstić information content (AvgIpc) is 2.62. The van der Waals surface area contributed by atoms with E-state index in [1.165, 1.54) is 13.2 Å². The number of methoxy groups -OCH3 is 1. The van der Waals surface area contributed by atoms with E-state index in [0.717, 1.165) is 11.1 Å². The average molecular weight is 204 g/mol. The molecular weight excluding hydrogens is 192 g/mol. The van der Waals surface area contributed by atoms with Crippen LogP contribution in [0.5, 0.6) is 0 Å². The van der Waals surface area contributed by atoms with E-state index in [1.54, 1.807) is 6.08 Å². The maximum atomic E-state index is 11.1. The Bertz CT molecular complexity index is 405. The third kappa shape index (κ3) is 1.66. The second-order valence-electron chi connectivity index (χ2n) is 3.49. The second-order valence-corrected chi connectivity index (χ2v) is 3.49. The van der Waals surface area contributed by atoms with Crippen LogP contribution in [0.3, 0.4) is 0 Å². The standard InChI is InChI=1S/C12H12O3/c1-9-3-5-10(6-4-9)12(14-2)8-7-11(13)15-12/h3-8H,1-2H3. The van der Waals surface area contributed by atoms with Crippen molar-refractivity contribution in [2.24, 2.45) is 0 Å². The minimum absolute atomic E-state index is 0.377. The predicted molar refractivity (Wildman–Crippen MR) is 55.1 cm³/mol. The molecule has 0 aliphatic carbocycles. The summed E-state index contributed by atoms with van der Waals surface area (Å²) in [7, 11) is 1.52. The predicted octanol–water partition coefficient (Wildman–Crippen LogP) is 1.91. The van der Waals surface area contributed by atoms with Gasteiger partial charge in [0, 0.05) is 18.7 Å². The van der Waals surface area contributed by atoms with Crippen molar-refractivity contribution in [2.45, 2.75) is 12.7 Å². The van der Waals surface area contributed by atoms with Gasteiger partial charge in [-0.15, -0.1) is 0 Å². The largest absolute Gasteiger partial charge is 0.422 e. The lowest BCUT2D eigenvalue weighted by atomic mass is 10.0. The van der Waals surface area contributed by atoms with Gasteiger partial charge in [-0.3, -0.25) is 0 Å². The van der Waals surface area contributed by atoms with Gasteiger partial charge in [0.1, 0.15) is 0 Å². The molecule has 3 heteroatoms. The van der Waals surface area contributed by atoms with Crippen LogP contribution in [-0.4, -0.2) is 13.1 Å². The lowest BCUT2D eigenvalue weighted by Gasteiger charge is -2.24. The summed E-state index contributed by atoms with van der Waals surface area (Å²) in [5.41, 5.74) is 1.97. The van der Waals surface area contributed by atoms with Gasteiger partial charge in [-0.2, -0.15) is 0 Å². The van der Waals surface area contributed by atoms with Gasteiger partial charge in [-0.05, 0) is 13.0 Å². The molecule has 0 saturated carbocycles. The number of benzene rings is 1. The summed E-state index contributed by atoms with van der Waals surface area (Å²) in [5.74, 6) is -1.41. The Morgan fingerprint density at radius 3 is 2.40 bits per heavy atom. The molecule has 0 fully saturated rings. The normalized spacial score (nSPS) is 24.3. The molecule has 15 heavy (non-hydrogen) atoms. The molecule has 0 radical (unpaired) electrons. The Balaban J connectivity index is 2.39. The Kier molecular flexibility index (Phi) is 2.32. The molecule has 0 bridgehead atoms. The first-order valence-corrected chi connectivity index (χ1v) is 4.71. The van der Waals surface area contributed by atoms with E-state index in [9.17, 15) is 4.79 Å². The van der Waals surface area contributed by atoms with Crippen LogP contribution in [0.4, 0.5) is 0 Å². The number of esters is 1. The molecule has 1 aromatic carbocycles. The van der Waals surface area contributed by atoms with Crippen molar-refractivity contribution >= 4 is 5.97 Å². The smallest absolute Gasteiger partial charge is 0.333 e. The lowest BCUT2D eigenvalue weighted by molar-refractivity contribution is -0.192. The van der Waals surface area contributed by atoms with Crippen molar-refractivity contribution in [3.05, 3.63) is 47.5 Å². The molecule has 1 unspecified atom stereocenters. The fraction of sp³-hybridized carbons (Fsp3) is 0.250. The highest BCUT2D eigenvalue weighted by Crippen LogP contribution is 2.32.